The van der Waals surface area contributed by atoms with E-state index in [0.717, 1.165) is 0 Å². The van der Waals surface area contributed by atoms with Crippen molar-refractivity contribution in [2.75, 3.05) is 26.0 Å². The quantitative estimate of drug-likeness (QED) is 0.644. The summed E-state index contributed by atoms with van der Waals surface area (Å²) >= 11 is 0. The van der Waals surface area contributed by atoms with E-state index in [-0.39, 0.29) is 37.3 Å². The van der Waals surface area contributed by atoms with Crippen molar-refractivity contribution < 1.29 is 17.9 Å². The zero-order valence-electron chi connectivity index (χ0n) is 10.0. The van der Waals surface area contributed by atoms with Gasteiger partial charge in [0.05, 0.1) is 23.5 Å². The molecule has 0 aromatic heterocycles. The third-order valence-electron chi connectivity index (χ3n) is 3.00. The molecule has 1 aliphatic heterocycles. The Labute approximate surface area is 102 Å². The molecule has 17 heavy (non-hydrogen) atoms. The van der Waals surface area contributed by atoms with Crippen LogP contribution in [0.15, 0.2) is 0 Å². The van der Waals surface area contributed by atoms with Gasteiger partial charge in [-0.05, 0) is 12.8 Å². The van der Waals surface area contributed by atoms with Crippen LogP contribution in [-0.4, -0.2) is 51.6 Å². The second-order valence-corrected chi connectivity index (χ2v) is 6.63. The molecule has 6 nitrogen and oxygen atoms in total. The van der Waals surface area contributed by atoms with Crippen molar-refractivity contribution in [3.05, 3.63) is 0 Å². The highest BCUT2D eigenvalue weighted by atomic mass is 32.2. The van der Waals surface area contributed by atoms with E-state index in [0.29, 0.717) is 12.8 Å². The van der Waals surface area contributed by atoms with E-state index in [1.807, 2.05) is 0 Å². The number of rotatable bonds is 6. The maximum Gasteiger partial charge on any atom is 0.222 e. The van der Waals surface area contributed by atoms with Gasteiger partial charge < -0.3 is 15.8 Å². The number of carbonyl (C=O) groups excluding carboxylic acids is 1. The molecular formula is C10H20N2O4S. The fourth-order valence-electron chi connectivity index (χ4n) is 1.86. The van der Waals surface area contributed by atoms with Gasteiger partial charge in [-0.25, -0.2) is 8.42 Å². The predicted molar refractivity (Wildman–Crippen MR) is 64.3 cm³/mol. The number of sulfone groups is 1. The lowest BCUT2D eigenvalue weighted by molar-refractivity contribution is -0.123. The lowest BCUT2D eigenvalue weighted by Gasteiger charge is -2.14. The molecule has 1 aliphatic rings. The van der Waals surface area contributed by atoms with Gasteiger partial charge in [-0.1, -0.05) is 0 Å². The molecule has 0 bridgehead atoms. The van der Waals surface area contributed by atoms with Gasteiger partial charge in [0.25, 0.3) is 0 Å². The van der Waals surface area contributed by atoms with Gasteiger partial charge in [0.15, 0.2) is 9.84 Å². The predicted octanol–water partition coefficient (Wildman–Crippen LogP) is -0.956. The third kappa shape index (κ3) is 4.25. The first-order valence-electron chi connectivity index (χ1n) is 5.70. The van der Waals surface area contributed by atoms with Crippen LogP contribution in [0.4, 0.5) is 0 Å². The number of hydrogen-bond acceptors (Lipinski definition) is 5. The molecule has 1 rings (SSSR count). The molecule has 3 N–H and O–H groups in total. The first kappa shape index (κ1) is 14.4. The third-order valence-corrected chi connectivity index (χ3v) is 5.27. The minimum atomic E-state index is -2.99. The highest BCUT2D eigenvalue weighted by Crippen LogP contribution is 2.18. The van der Waals surface area contributed by atoms with Gasteiger partial charge in [0.2, 0.25) is 5.91 Å². The van der Waals surface area contributed by atoms with E-state index < -0.39 is 15.1 Å². The van der Waals surface area contributed by atoms with Gasteiger partial charge in [-0.2, -0.15) is 0 Å². The average Bonchev–Trinajstić information content (AvgIpc) is 2.62. The Balaban J connectivity index is 2.33. The van der Waals surface area contributed by atoms with Crippen LogP contribution in [0, 0.1) is 0 Å². The van der Waals surface area contributed by atoms with E-state index in [2.05, 4.69) is 5.32 Å². The van der Waals surface area contributed by atoms with Crippen LogP contribution in [-0.2, 0) is 19.4 Å². The Kier molecular flexibility index (Phi) is 5.35. The summed E-state index contributed by atoms with van der Waals surface area (Å²) in [6, 6.07) is 0. The molecule has 0 saturated carbocycles. The minimum Gasteiger partial charge on any atom is -0.380 e. The van der Waals surface area contributed by atoms with Crippen molar-refractivity contribution >= 4 is 15.7 Å². The minimum absolute atomic E-state index is 0.166. The topological polar surface area (TPSA) is 98.5 Å². The number of hydrogen-bond donors (Lipinski definition) is 2. The molecule has 0 aliphatic carbocycles. The molecule has 0 aromatic rings. The van der Waals surface area contributed by atoms with E-state index in [1.54, 1.807) is 0 Å². The summed E-state index contributed by atoms with van der Waals surface area (Å²) in [7, 11) is -1.50. The van der Waals surface area contributed by atoms with Crippen molar-refractivity contribution in [1.29, 1.82) is 0 Å². The summed E-state index contributed by atoms with van der Waals surface area (Å²) in [5.74, 6) is 0.0150. The van der Waals surface area contributed by atoms with Crippen molar-refractivity contribution in [1.82, 2.24) is 5.32 Å². The van der Waals surface area contributed by atoms with Gasteiger partial charge in [-0.15, -0.1) is 0 Å². The summed E-state index contributed by atoms with van der Waals surface area (Å²) in [4.78, 5) is 11.5. The smallest absolute Gasteiger partial charge is 0.222 e. The van der Waals surface area contributed by atoms with Crippen molar-refractivity contribution in [2.45, 2.75) is 30.6 Å². The maximum absolute atomic E-state index is 11.5. The average molecular weight is 264 g/mol. The van der Waals surface area contributed by atoms with Gasteiger partial charge in [0.1, 0.15) is 0 Å². The van der Waals surface area contributed by atoms with E-state index in [1.165, 1.54) is 7.11 Å². The van der Waals surface area contributed by atoms with Crippen molar-refractivity contribution in [2.24, 2.45) is 5.73 Å². The number of ether oxygens (including phenoxy) is 1. The first-order chi connectivity index (χ1) is 7.99. The van der Waals surface area contributed by atoms with Crippen LogP contribution >= 0.6 is 0 Å². The molecule has 0 radical (unpaired) electrons. The number of nitrogens with two attached hydrogens (primary N) is 1. The fourth-order valence-corrected chi connectivity index (χ4v) is 3.62. The van der Waals surface area contributed by atoms with E-state index >= 15 is 0 Å². The van der Waals surface area contributed by atoms with E-state index in [4.69, 9.17) is 10.5 Å². The van der Waals surface area contributed by atoms with Crippen molar-refractivity contribution in [3.8, 4) is 0 Å². The maximum atomic E-state index is 11.5. The van der Waals surface area contributed by atoms with Crippen LogP contribution in [0.3, 0.4) is 0 Å². The Bertz CT molecular complexity index is 351. The first-order valence-corrected chi connectivity index (χ1v) is 7.42. The van der Waals surface area contributed by atoms with Crippen LogP contribution in [0.25, 0.3) is 0 Å². The largest absolute Gasteiger partial charge is 0.380 e. The SMILES string of the molecule is COC(CN)CC(=O)NCC1CCCS1(=O)=O. The number of amides is 1. The number of nitrogens with one attached hydrogen (secondary N) is 1. The number of carbonyl (C=O) groups is 1. The Morgan fingerprint density at radius 3 is 2.76 bits per heavy atom. The molecule has 0 aromatic carbocycles. The molecule has 1 fully saturated rings. The molecular weight excluding hydrogens is 244 g/mol. The Morgan fingerprint density at radius 1 is 1.59 bits per heavy atom. The molecule has 7 heteroatoms. The Morgan fingerprint density at radius 2 is 2.29 bits per heavy atom. The lowest BCUT2D eigenvalue weighted by atomic mass is 10.2. The summed E-state index contributed by atoms with van der Waals surface area (Å²) in [6.45, 7) is 0.466. The van der Waals surface area contributed by atoms with Gasteiger partial charge in [0, 0.05) is 20.2 Å². The van der Waals surface area contributed by atoms with Crippen LogP contribution in [0.2, 0.25) is 0 Å². The molecule has 0 spiro atoms. The molecule has 1 saturated heterocycles. The second kappa shape index (κ2) is 6.32. The fraction of sp³-hybridized carbons (Fsp3) is 0.900. The summed E-state index contributed by atoms with van der Waals surface area (Å²) in [6.07, 6.45) is 1.18. The highest BCUT2D eigenvalue weighted by Gasteiger charge is 2.31. The van der Waals surface area contributed by atoms with Crippen LogP contribution < -0.4 is 11.1 Å². The standard InChI is InChI=1S/C10H20N2O4S/c1-16-8(6-11)5-10(13)12-7-9-3-2-4-17(9,14)15/h8-9H,2-7,11H2,1H3,(H,12,13). The van der Waals surface area contributed by atoms with Gasteiger partial charge >= 0.3 is 0 Å². The van der Waals surface area contributed by atoms with E-state index in [9.17, 15) is 13.2 Å². The van der Waals surface area contributed by atoms with Gasteiger partial charge in [-0.3, -0.25) is 4.79 Å². The Hall–Kier alpha value is -0.660. The molecule has 2 atom stereocenters. The second-order valence-electron chi connectivity index (χ2n) is 4.23. The van der Waals surface area contributed by atoms with Crippen LogP contribution in [0.1, 0.15) is 19.3 Å². The summed E-state index contributed by atoms with van der Waals surface area (Å²) in [5, 5.41) is 2.20. The normalized spacial score (nSPS) is 24.5. The summed E-state index contributed by atoms with van der Waals surface area (Å²) in [5.41, 5.74) is 5.39. The molecule has 2 unspecified atom stereocenters. The zero-order valence-corrected chi connectivity index (χ0v) is 10.8. The summed E-state index contributed by atoms with van der Waals surface area (Å²) < 4.78 is 28.0. The van der Waals surface area contributed by atoms with Crippen molar-refractivity contribution in [3.63, 3.8) is 0 Å². The van der Waals surface area contributed by atoms with Crippen LogP contribution in [0.5, 0.6) is 0 Å². The molecule has 1 amide bonds. The molecule has 1 heterocycles. The highest BCUT2D eigenvalue weighted by molar-refractivity contribution is 7.92. The number of methoxy groups -OCH3 is 1. The monoisotopic (exact) mass is 264 g/mol. The zero-order chi connectivity index (χ0) is 12.9. The molecule has 100 valence electrons. The lowest BCUT2D eigenvalue weighted by Crippen LogP contribution is -2.37.